The maximum absolute atomic E-state index is 9.46. The molecule has 0 unspecified atom stereocenters. The molecule has 0 spiro atoms. The number of hydrogen-bond donors (Lipinski definition) is 0. The van der Waals surface area contributed by atoms with Gasteiger partial charge < -0.3 is 4.74 Å². The zero-order valence-electron chi connectivity index (χ0n) is 11.8. The molecule has 0 aromatic heterocycles. The van der Waals surface area contributed by atoms with Crippen molar-refractivity contribution >= 4 is 10.8 Å². The molecule has 0 aliphatic heterocycles. The minimum absolute atomic E-state index is 0.263. The molecule has 102 valence electrons. The first-order chi connectivity index (χ1) is 9.78. The Balaban J connectivity index is 1.90. The highest BCUT2D eigenvalue weighted by molar-refractivity contribution is 5.90. The average molecular weight is 265 g/mol. The van der Waals surface area contributed by atoms with E-state index in [1.165, 1.54) is 12.8 Å². The maximum atomic E-state index is 9.46. The van der Waals surface area contributed by atoms with Crippen LogP contribution in [0.1, 0.15) is 38.2 Å². The van der Waals surface area contributed by atoms with Gasteiger partial charge in [0.15, 0.2) is 0 Å². The molecule has 1 aliphatic rings. The molecule has 1 fully saturated rings. The summed E-state index contributed by atoms with van der Waals surface area (Å²) in [6.07, 6.45) is 4.90. The van der Waals surface area contributed by atoms with Crippen LogP contribution >= 0.6 is 0 Å². The van der Waals surface area contributed by atoms with Gasteiger partial charge in [0.05, 0.1) is 6.10 Å². The lowest BCUT2D eigenvalue weighted by molar-refractivity contribution is 0.135. The van der Waals surface area contributed by atoms with Crippen molar-refractivity contribution in [3.8, 4) is 11.8 Å². The highest BCUT2D eigenvalue weighted by Crippen LogP contribution is 2.31. The number of benzene rings is 2. The van der Waals surface area contributed by atoms with Crippen LogP contribution < -0.4 is 4.74 Å². The molecule has 0 atom stereocenters. The van der Waals surface area contributed by atoms with Crippen LogP contribution in [0.3, 0.4) is 0 Å². The number of ether oxygens (including phenoxy) is 1. The van der Waals surface area contributed by atoms with Gasteiger partial charge in [0, 0.05) is 5.39 Å². The van der Waals surface area contributed by atoms with Gasteiger partial charge >= 0.3 is 0 Å². The SMILES string of the molecule is CC1CCC(Oc2ccc3ccccc3c2C#N)CC1. The van der Waals surface area contributed by atoms with E-state index >= 15 is 0 Å². The Bertz CT molecular complexity index is 648. The van der Waals surface area contributed by atoms with Gasteiger partial charge in [-0.3, -0.25) is 0 Å². The molecule has 0 saturated heterocycles. The minimum atomic E-state index is 0.263. The van der Waals surface area contributed by atoms with Crippen LogP contribution in [0.5, 0.6) is 5.75 Å². The third-order valence-electron chi connectivity index (χ3n) is 4.26. The van der Waals surface area contributed by atoms with E-state index in [0.717, 1.165) is 35.3 Å². The molecule has 20 heavy (non-hydrogen) atoms. The molecule has 2 aromatic rings. The van der Waals surface area contributed by atoms with E-state index in [1.807, 2.05) is 36.4 Å². The predicted octanol–water partition coefficient (Wildman–Crippen LogP) is 4.67. The van der Waals surface area contributed by atoms with Crippen molar-refractivity contribution < 1.29 is 4.74 Å². The van der Waals surface area contributed by atoms with Gasteiger partial charge in [0.1, 0.15) is 17.4 Å². The summed E-state index contributed by atoms with van der Waals surface area (Å²) in [5.41, 5.74) is 0.668. The van der Waals surface area contributed by atoms with Crippen molar-refractivity contribution in [1.82, 2.24) is 0 Å². The van der Waals surface area contributed by atoms with E-state index in [2.05, 4.69) is 13.0 Å². The number of nitrogens with zero attached hydrogens (tertiary/aromatic N) is 1. The lowest BCUT2D eigenvalue weighted by atomic mass is 9.89. The number of rotatable bonds is 2. The molecular weight excluding hydrogens is 246 g/mol. The van der Waals surface area contributed by atoms with Crippen LogP contribution in [-0.4, -0.2) is 6.10 Å². The Morgan fingerprint density at radius 3 is 2.55 bits per heavy atom. The number of nitriles is 1. The van der Waals surface area contributed by atoms with E-state index < -0.39 is 0 Å². The third-order valence-corrected chi connectivity index (χ3v) is 4.26. The van der Waals surface area contributed by atoms with Crippen LogP contribution in [0.15, 0.2) is 36.4 Å². The molecular formula is C18H19NO. The van der Waals surface area contributed by atoms with E-state index in [0.29, 0.717) is 5.56 Å². The third kappa shape index (κ3) is 2.49. The maximum Gasteiger partial charge on any atom is 0.138 e. The van der Waals surface area contributed by atoms with Crippen LogP contribution in [0.2, 0.25) is 0 Å². The van der Waals surface area contributed by atoms with E-state index in [-0.39, 0.29) is 6.10 Å². The molecule has 0 amide bonds. The first-order valence-electron chi connectivity index (χ1n) is 7.36. The smallest absolute Gasteiger partial charge is 0.138 e. The van der Waals surface area contributed by atoms with Gasteiger partial charge in [0.2, 0.25) is 0 Å². The summed E-state index contributed by atoms with van der Waals surface area (Å²) in [5, 5.41) is 11.5. The van der Waals surface area contributed by atoms with Crippen LogP contribution in [-0.2, 0) is 0 Å². The average Bonchev–Trinajstić information content (AvgIpc) is 2.49. The number of hydrogen-bond acceptors (Lipinski definition) is 2. The second kappa shape index (κ2) is 5.54. The molecule has 0 radical (unpaired) electrons. The largest absolute Gasteiger partial charge is 0.489 e. The summed E-state index contributed by atoms with van der Waals surface area (Å²) in [6, 6.07) is 14.3. The standard InChI is InChI=1S/C18H19NO/c1-13-6-9-15(10-7-13)20-18-11-8-14-4-2-3-5-16(14)17(18)12-19/h2-5,8,11,13,15H,6-7,9-10H2,1H3. The second-order valence-electron chi connectivity index (χ2n) is 5.77. The van der Waals surface area contributed by atoms with Crippen molar-refractivity contribution in [2.75, 3.05) is 0 Å². The lowest BCUT2D eigenvalue weighted by Crippen LogP contribution is -2.23. The fourth-order valence-electron chi connectivity index (χ4n) is 2.99. The van der Waals surface area contributed by atoms with Gasteiger partial charge in [-0.25, -0.2) is 0 Å². The van der Waals surface area contributed by atoms with Crippen molar-refractivity contribution in [3.05, 3.63) is 42.0 Å². The van der Waals surface area contributed by atoms with E-state index in [9.17, 15) is 5.26 Å². The highest BCUT2D eigenvalue weighted by atomic mass is 16.5. The summed E-state index contributed by atoms with van der Waals surface area (Å²) < 4.78 is 6.11. The monoisotopic (exact) mass is 265 g/mol. The predicted molar refractivity (Wildman–Crippen MR) is 80.7 cm³/mol. The normalized spacial score (nSPS) is 22.4. The first-order valence-corrected chi connectivity index (χ1v) is 7.36. The van der Waals surface area contributed by atoms with Crippen molar-refractivity contribution in [1.29, 1.82) is 5.26 Å². The zero-order valence-corrected chi connectivity index (χ0v) is 11.8. The Morgan fingerprint density at radius 2 is 1.80 bits per heavy atom. The summed E-state index contributed by atoms with van der Waals surface area (Å²) in [5.74, 6) is 1.55. The number of fused-ring (bicyclic) bond motifs is 1. The minimum Gasteiger partial charge on any atom is -0.489 e. The fourth-order valence-corrected chi connectivity index (χ4v) is 2.99. The molecule has 3 rings (SSSR count). The lowest BCUT2D eigenvalue weighted by Gasteiger charge is -2.27. The highest BCUT2D eigenvalue weighted by Gasteiger charge is 2.21. The Kier molecular flexibility index (Phi) is 3.60. The van der Waals surface area contributed by atoms with Gasteiger partial charge in [-0.1, -0.05) is 37.3 Å². The second-order valence-corrected chi connectivity index (χ2v) is 5.77. The van der Waals surface area contributed by atoms with Gasteiger partial charge in [-0.2, -0.15) is 5.26 Å². The molecule has 1 saturated carbocycles. The van der Waals surface area contributed by atoms with Gasteiger partial charge in [-0.15, -0.1) is 0 Å². The quantitative estimate of drug-likeness (QED) is 0.790. The summed E-state index contributed by atoms with van der Waals surface area (Å²) in [6.45, 7) is 2.30. The molecule has 2 aromatic carbocycles. The van der Waals surface area contributed by atoms with Crippen molar-refractivity contribution in [3.63, 3.8) is 0 Å². The van der Waals surface area contributed by atoms with E-state index in [1.54, 1.807) is 0 Å². The molecule has 2 nitrogen and oxygen atoms in total. The van der Waals surface area contributed by atoms with Crippen LogP contribution in [0, 0.1) is 17.2 Å². The van der Waals surface area contributed by atoms with Crippen molar-refractivity contribution in [2.45, 2.75) is 38.7 Å². The molecule has 0 N–H and O–H groups in total. The molecule has 2 heteroatoms. The van der Waals surface area contributed by atoms with Crippen LogP contribution in [0.4, 0.5) is 0 Å². The first kappa shape index (κ1) is 13.0. The summed E-state index contributed by atoms with van der Waals surface area (Å²) in [4.78, 5) is 0. The fraction of sp³-hybridized carbons (Fsp3) is 0.389. The van der Waals surface area contributed by atoms with Crippen LogP contribution in [0.25, 0.3) is 10.8 Å². The summed E-state index contributed by atoms with van der Waals surface area (Å²) >= 11 is 0. The van der Waals surface area contributed by atoms with Crippen molar-refractivity contribution in [2.24, 2.45) is 5.92 Å². The zero-order chi connectivity index (χ0) is 13.9. The molecule has 0 bridgehead atoms. The van der Waals surface area contributed by atoms with E-state index in [4.69, 9.17) is 4.74 Å². The Labute approximate surface area is 120 Å². The van der Waals surface area contributed by atoms with Gasteiger partial charge in [-0.05, 0) is 43.1 Å². The van der Waals surface area contributed by atoms with Gasteiger partial charge in [0.25, 0.3) is 0 Å². The topological polar surface area (TPSA) is 33.0 Å². The molecule has 1 aliphatic carbocycles. The molecule has 0 heterocycles. The summed E-state index contributed by atoms with van der Waals surface area (Å²) in [7, 11) is 0. The Morgan fingerprint density at radius 1 is 1.05 bits per heavy atom. The Hall–Kier alpha value is -2.01.